The smallest absolute Gasteiger partial charge is 0.134 e. The molecule has 0 spiro atoms. The van der Waals surface area contributed by atoms with E-state index in [4.69, 9.17) is 10.3 Å². The molecule has 0 saturated carbocycles. The van der Waals surface area contributed by atoms with Crippen molar-refractivity contribution in [3.63, 3.8) is 0 Å². The Hall–Kier alpha value is -2.10. The number of hydrogen-bond donors (Lipinski definition) is 2. The lowest BCUT2D eigenvalue weighted by molar-refractivity contribution is 0.417. The second-order valence-electron chi connectivity index (χ2n) is 5.43. The third-order valence-corrected chi connectivity index (χ3v) is 3.83. The highest BCUT2D eigenvalue weighted by Gasteiger charge is 2.14. The Labute approximate surface area is 124 Å². The molecule has 2 aromatic carbocycles. The highest BCUT2D eigenvalue weighted by molar-refractivity contribution is 5.77. The van der Waals surface area contributed by atoms with Gasteiger partial charge < -0.3 is 4.42 Å². The molecule has 0 radical (unpaired) electrons. The maximum atomic E-state index is 5.89. The zero-order valence-electron chi connectivity index (χ0n) is 12.2. The van der Waals surface area contributed by atoms with Gasteiger partial charge >= 0.3 is 0 Å². The Bertz CT molecular complexity index is 682. The quantitative estimate of drug-likeness (QED) is 0.551. The highest BCUT2D eigenvalue weighted by atomic mass is 16.3. The molecule has 0 saturated heterocycles. The number of rotatable bonds is 5. The van der Waals surface area contributed by atoms with Crippen LogP contribution in [0.25, 0.3) is 11.0 Å². The standard InChI is InChI=1S/C18H20N2O/c1-13-6-8-14(9-7-13)10-11-16(20-19)18-12-15-4-2-3-5-17(15)21-18/h2-9,12,16,20H,10-11,19H2,1H3. The summed E-state index contributed by atoms with van der Waals surface area (Å²) in [6.07, 6.45) is 1.87. The summed E-state index contributed by atoms with van der Waals surface area (Å²) in [4.78, 5) is 0. The fourth-order valence-electron chi connectivity index (χ4n) is 2.55. The molecular weight excluding hydrogens is 260 g/mol. The van der Waals surface area contributed by atoms with Gasteiger partial charge in [-0.2, -0.15) is 0 Å². The minimum atomic E-state index is 0.0266. The predicted octanol–water partition coefficient (Wildman–Crippen LogP) is 3.88. The van der Waals surface area contributed by atoms with Crippen LogP contribution in [0.3, 0.4) is 0 Å². The average Bonchev–Trinajstić information content (AvgIpc) is 2.93. The molecule has 0 bridgehead atoms. The monoisotopic (exact) mass is 280 g/mol. The number of furan rings is 1. The molecule has 1 atom stereocenters. The molecular formula is C18H20N2O. The summed E-state index contributed by atoms with van der Waals surface area (Å²) < 4.78 is 5.89. The lowest BCUT2D eigenvalue weighted by Gasteiger charge is -2.13. The minimum absolute atomic E-state index is 0.0266. The maximum Gasteiger partial charge on any atom is 0.134 e. The topological polar surface area (TPSA) is 51.2 Å². The van der Waals surface area contributed by atoms with Crippen molar-refractivity contribution in [2.75, 3.05) is 0 Å². The molecule has 3 nitrogen and oxygen atoms in total. The predicted molar refractivity (Wildman–Crippen MR) is 85.8 cm³/mol. The minimum Gasteiger partial charge on any atom is -0.459 e. The Kier molecular flexibility index (Phi) is 4.04. The number of benzene rings is 2. The van der Waals surface area contributed by atoms with Crippen LogP contribution in [0.1, 0.15) is 29.3 Å². The first kappa shape index (κ1) is 13.9. The Balaban J connectivity index is 1.73. The second-order valence-corrected chi connectivity index (χ2v) is 5.43. The van der Waals surface area contributed by atoms with Gasteiger partial charge in [0.1, 0.15) is 11.3 Å². The number of fused-ring (bicyclic) bond motifs is 1. The van der Waals surface area contributed by atoms with E-state index < -0.39 is 0 Å². The van der Waals surface area contributed by atoms with Crippen LogP contribution in [0.4, 0.5) is 0 Å². The van der Waals surface area contributed by atoms with Crippen molar-refractivity contribution in [3.05, 3.63) is 71.5 Å². The molecule has 0 aliphatic carbocycles. The summed E-state index contributed by atoms with van der Waals surface area (Å²) in [6.45, 7) is 2.10. The fourth-order valence-corrected chi connectivity index (χ4v) is 2.55. The summed E-state index contributed by atoms with van der Waals surface area (Å²) in [6, 6.07) is 18.7. The van der Waals surface area contributed by atoms with Gasteiger partial charge in [-0.1, -0.05) is 48.0 Å². The molecule has 1 unspecified atom stereocenters. The largest absolute Gasteiger partial charge is 0.459 e. The van der Waals surface area contributed by atoms with E-state index in [0.717, 1.165) is 29.6 Å². The van der Waals surface area contributed by atoms with Crippen molar-refractivity contribution in [1.82, 2.24) is 5.43 Å². The van der Waals surface area contributed by atoms with Gasteiger partial charge in [-0.05, 0) is 37.5 Å². The number of nitrogens with two attached hydrogens (primary N) is 1. The van der Waals surface area contributed by atoms with Crippen molar-refractivity contribution >= 4 is 11.0 Å². The van der Waals surface area contributed by atoms with Crippen molar-refractivity contribution in [2.24, 2.45) is 5.84 Å². The van der Waals surface area contributed by atoms with Crippen molar-refractivity contribution in [1.29, 1.82) is 0 Å². The zero-order valence-corrected chi connectivity index (χ0v) is 12.2. The van der Waals surface area contributed by atoms with Crippen LogP contribution in [0.2, 0.25) is 0 Å². The fraction of sp³-hybridized carbons (Fsp3) is 0.222. The average molecular weight is 280 g/mol. The summed E-state index contributed by atoms with van der Waals surface area (Å²) in [7, 11) is 0. The molecule has 1 heterocycles. The molecule has 3 aromatic rings. The van der Waals surface area contributed by atoms with E-state index in [9.17, 15) is 0 Å². The highest BCUT2D eigenvalue weighted by Crippen LogP contribution is 2.26. The summed E-state index contributed by atoms with van der Waals surface area (Å²) in [5, 5.41) is 1.11. The van der Waals surface area contributed by atoms with Crippen LogP contribution in [0.15, 0.2) is 59.0 Å². The van der Waals surface area contributed by atoms with Crippen LogP contribution in [0, 0.1) is 6.92 Å². The zero-order chi connectivity index (χ0) is 14.7. The van der Waals surface area contributed by atoms with Gasteiger partial charge in [0.05, 0.1) is 6.04 Å². The molecule has 3 heteroatoms. The number of nitrogens with one attached hydrogen (secondary N) is 1. The molecule has 21 heavy (non-hydrogen) atoms. The van der Waals surface area contributed by atoms with E-state index in [2.05, 4.69) is 48.7 Å². The van der Waals surface area contributed by atoms with E-state index in [-0.39, 0.29) is 6.04 Å². The molecule has 3 N–H and O–H groups in total. The summed E-state index contributed by atoms with van der Waals surface area (Å²) >= 11 is 0. The third kappa shape index (κ3) is 3.15. The van der Waals surface area contributed by atoms with E-state index in [1.165, 1.54) is 11.1 Å². The van der Waals surface area contributed by atoms with Crippen molar-refractivity contribution < 1.29 is 4.42 Å². The number of para-hydroxylation sites is 1. The van der Waals surface area contributed by atoms with Crippen LogP contribution >= 0.6 is 0 Å². The van der Waals surface area contributed by atoms with Crippen molar-refractivity contribution in [3.8, 4) is 0 Å². The normalized spacial score (nSPS) is 12.7. The molecule has 1 aromatic heterocycles. The van der Waals surface area contributed by atoms with E-state index >= 15 is 0 Å². The molecule has 0 amide bonds. The lowest BCUT2D eigenvalue weighted by Crippen LogP contribution is -2.28. The maximum absolute atomic E-state index is 5.89. The molecule has 0 fully saturated rings. The number of hydrazine groups is 1. The first-order valence-electron chi connectivity index (χ1n) is 7.26. The Morgan fingerprint density at radius 2 is 1.86 bits per heavy atom. The first-order chi connectivity index (χ1) is 10.3. The Morgan fingerprint density at radius 3 is 2.57 bits per heavy atom. The van der Waals surface area contributed by atoms with Gasteiger partial charge in [0.15, 0.2) is 0 Å². The van der Waals surface area contributed by atoms with Crippen molar-refractivity contribution in [2.45, 2.75) is 25.8 Å². The second kappa shape index (κ2) is 6.12. The van der Waals surface area contributed by atoms with Crippen LogP contribution in [-0.2, 0) is 6.42 Å². The van der Waals surface area contributed by atoms with Gasteiger partial charge in [0, 0.05) is 5.39 Å². The van der Waals surface area contributed by atoms with Gasteiger partial charge in [0.25, 0.3) is 0 Å². The number of hydrogen-bond acceptors (Lipinski definition) is 3. The van der Waals surface area contributed by atoms with Gasteiger partial charge in [0.2, 0.25) is 0 Å². The molecule has 0 aliphatic heterocycles. The van der Waals surface area contributed by atoms with E-state index in [1.807, 2.05) is 18.2 Å². The molecule has 3 rings (SSSR count). The summed E-state index contributed by atoms with van der Waals surface area (Å²) in [5.41, 5.74) is 6.37. The third-order valence-electron chi connectivity index (χ3n) is 3.83. The van der Waals surface area contributed by atoms with E-state index in [0.29, 0.717) is 0 Å². The van der Waals surface area contributed by atoms with E-state index in [1.54, 1.807) is 0 Å². The Morgan fingerprint density at radius 1 is 1.10 bits per heavy atom. The van der Waals surface area contributed by atoms with Gasteiger partial charge in [-0.25, -0.2) is 5.43 Å². The number of aryl methyl sites for hydroxylation is 2. The molecule has 108 valence electrons. The lowest BCUT2D eigenvalue weighted by atomic mass is 10.0. The van der Waals surface area contributed by atoms with Gasteiger partial charge in [-0.15, -0.1) is 0 Å². The first-order valence-corrected chi connectivity index (χ1v) is 7.26. The van der Waals surface area contributed by atoms with Gasteiger partial charge in [-0.3, -0.25) is 5.84 Å². The summed E-state index contributed by atoms with van der Waals surface area (Å²) in [5.74, 6) is 6.60. The van der Waals surface area contributed by atoms with Crippen LogP contribution < -0.4 is 11.3 Å². The SMILES string of the molecule is Cc1ccc(CCC(NN)c2cc3ccccc3o2)cc1. The molecule has 0 aliphatic rings. The van der Waals surface area contributed by atoms with Crippen LogP contribution in [0.5, 0.6) is 0 Å². The van der Waals surface area contributed by atoms with Crippen LogP contribution in [-0.4, -0.2) is 0 Å².